The maximum absolute atomic E-state index is 5.67. The van der Waals surface area contributed by atoms with Gasteiger partial charge in [-0.1, -0.05) is 60.7 Å². The molecule has 29 heavy (non-hydrogen) atoms. The van der Waals surface area contributed by atoms with E-state index in [0.717, 1.165) is 52.6 Å². The first-order chi connectivity index (χ1) is 14.4. The minimum absolute atomic E-state index is 0.783. The molecule has 1 aromatic heterocycles. The molecule has 0 unspecified atom stereocenters. The van der Waals surface area contributed by atoms with Gasteiger partial charge in [0.25, 0.3) is 0 Å². The van der Waals surface area contributed by atoms with Gasteiger partial charge in [-0.05, 0) is 11.1 Å². The van der Waals surface area contributed by atoms with Crippen molar-refractivity contribution < 1.29 is 9.47 Å². The van der Waals surface area contributed by atoms with Crippen LogP contribution < -0.4 is 9.80 Å². The number of hydrogen-bond acceptors (Lipinski definition) is 5. The minimum Gasteiger partial charge on any atom is -0.378 e. The number of hydrogen-bond donors (Lipinski definition) is 0. The first-order valence-corrected chi connectivity index (χ1v) is 11.2. The molecule has 2 aliphatic rings. The molecule has 5 rings (SSSR count). The zero-order valence-electron chi connectivity index (χ0n) is 16.5. The van der Waals surface area contributed by atoms with Crippen molar-refractivity contribution in [1.29, 1.82) is 0 Å². The fraction of sp³-hybridized carbons (Fsp3) is 0.333. The van der Waals surface area contributed by atoms with Gasteiger partial charge in [0.1, 0.15) is 5.00 Å². The summed E-state index contributed by atoms with van der Waals surface area (Å²) in [4.78, 5) is 6.38. The molecule has 0 aliphatic carbocycles. The van der Waals surface area contributed by atoms with Crippen LogP contribution in [0.1, 0.15) is 0 Å². The second-order valence-electron chi connectivity index (χ2n) is 7.39. The van der Waals surface area contributed by atoms with Gasteiger partial charge in [-0.2, -0.15) is 0 Å². The van der Waals surface area contributed by atoms with Gasteiger partial charge in [0.2, 0.25) is 0 Å². The molecule has 0 N–H and O–H groups in total. The molecular weight excluding hydrogens is 380 g/mol. The predicted molar refractivity (Wildman–Crippen MR) is 121 cm³/mol. The summed E-state index contributed by atoms with van der Waals surface area (Å²) in [7, 11) is 0. The van der Waals surface area contributed by atoms with E-state index in [4.69, 9.17) is 9.47 Å². The van der Waals surface area contributed by atoms with E-state index in [-0.39, 0.29) is 0 Å². The van der Waals surface area contributed by atoms with Crippen molar-refractivity contribution in [2.45, 2.75) is 0 Å². The summed E-state index contributed by atoms with van der Waals surface area (Å²) >= 11 is 1.92. The van der Waals surface area contributed by atoms with Crippen molar-refractivity contribution in [1.82, 2.24) is 0 Å². The third-order valence-electron chi connectivity index (χ3n) is 5.59. The second kappa shape index (κ2) is 8.57. The summed E-state index contributed by atoms with van der Waals surface area (Å²) < 4.78 is 11.3. The van der Waals surface area contributed by atoms with Crippen LogP contribution in [0.2, 0.25) is 0 Å². The first kappa shape index (κ1) is 18.7. The quantitative estimate of drug-likeness (QED) is 0.624. The van der Waals surface area contributed by atoms with Crippen LogP contribution in [0.3, 0.4) is 0 Å². The molecule has 5 heteroatoms. The van der Waals surface area contributed by atoms with Gasteiger partial charge >= 0.3 is 0 Å². The van der Waals surface area contributed by atoms with Crippen LogP contribution in [-0.4, -0.2) is 52.6 Å². The van der Waals surface area contributed by atoms with Crippen molar-refractivity contribution in [3.05, 3.63) is 60.7 Å². The fourth-order valence-corrected chi connectivity index (χ4v) is 5.54. The zero-order chi connectivity index (χ0) is 19.5. The SMILES string of the molecule is c1ccc(-c2sc(N3CCOCC3)c(-c3ccccc3)c2N2CCOCC2)cc1. The van der Waals surface area contributed by atoms with E-state index in [1.165, 1.54) is 32.3 Å². The van der Waals surface area contributed by atoms with Crippen molar-refractivity contribution in [2.24, 2.45) is 0 Å². The summed E-state index contributed by atoms with van der Waals surface area (Å²) in [6, 6.07) is 21.7. The van der Waals surface area contributed by atoms with Crippen LogP contribution in [-0.2, 0) is 9.47 Å². The molecule has 0 saturated carbocycles. The summed E-state index contributed by atoms with van der Waals surface area (Å²) in [6.45, 7) is 6.89. The Morgan fingerprint density at radius 3 is 1.72 bits per heavy atom. The number of morpholine rings is 2. The highest BCUT2D eigenvalue weighted by Gasteiger charge is 2.29. The normalized spacial score (nSPS) is 17.5. The number of ether oxygens (including phenoxy) is 2. The summed E-state index contributed by atoms with van der Waals surface area (Å²) in [6.07, 6.45) is 0. The smallest absolute Gasteiger partial charge is 0.102 e. The standard InChI is InChI=1S/C24H26N2O2S/c1-3-7-19(8-4-1)21-22(25-11-15-27-16-12-25)23(20-9-5-2-6-10-20)29-24(21)26-13-17-28-18-14-26/h1-10H,11-18H2. The van der Waals surface area contributed by atoms with Gasteiger partial charge in [0.05, 0.1) is 37.0 Å². The maximum atomic E-state index is 5.67. The van der Waals surface area contributed by atoms with Crippen LogP contribution in [0.4, 0.5) is 10.7 Å². The Bertz CT molecular complexity index is 930. The molecule has 4 nitrogen and oxygen atoms in total. The molecule has 3 aromatic rings. The number of anilines is 2. The first-order valence-electron chi connectivity index (χ1n) is 10.3. The molecule has 2 saturated heterocycles. The van der Waals surface area contributed by atoms with Crippen molar-refractivity contribution in [3.63, 3.8) is 0 Å². The fourth-order valence-electron chi connectivity index (χ4n) is 4.14. The van der Waals surface area contributed by atoms with Gasteiger partial charge in [-0.3, -0.25) is 0 Å². The average molecular weight is 407 g/mol. The van der Waals surface area contributed by atoms with E-state index in [2.05, 4.69) is 70.5 Å². The van der Waals surface area contributed by atoms with E-state index in [9.17, 15) is 0 Å². The van der Waals surface area contributed by atoms with E-state index in [0.29, 0.717) is 0 Å². The lowest BCUT2D eigenvalue weighted by molar-refractivity contribution is 0.122. The lowest BCUT2D eigenvalue weighted by Crippen LogP contribution is -2.37. The minimum atomic E-state index is 0.783. The Morgan fingerprint density at radius 2 is 1.14 bits per heavy atom. The molecule has 2 aromatic carbocycles. The highest BCUT2D eigenvalue weighted by Crippen LogP contribution is 2.52. The van der Waals surface area contributed by atoms with Gasteiger partial charge in [0.15, 0.2) is 0 Å². The Labute approximate surface area is 176 Å². The van der Waals surface area contributed by atoms with E-state index < -0.39 is 0 Å². The topological polar surface area (TPSA) is 24.9 Å². The third-order valence-corrected chi connectivity index (χ3v) is 6.88. The van der Waals surface area contributed by atoms with Crippen molar-refractivity contribution >= 4 is 22.0 Å². The second-order valence-corrected chi connectivity index (χ2v) is 8.39. The molecule has 2 aliphatic heterocycles. The van der Waals surface area contributed by atoms with E-state index in [1.807, 2.05) is 11.3 Å². The van der Waals surface area contributed by atoms with Crippen LogP contribution in [0.5, 0.6) is 0 Å². The monoisotopic (exact) mass is 406 g/mol. The largest absolute Gasteiger partial charge is 0.378 e. The van der Waals surface area contributed by atoms with Gasteiger partial charge in [-0.15, -0.1) is 11.3 Å². The van der Waals surface area contributed by atoms with Gasteiger partial charge < -0.3 is 19.3 Å². The molecule has 0 amide bonds. The molecule has 3 heterocycles. The van der Waals surface area contributed by atoms with Crippen LogP contribution >= 0.6 is 11.3 Å². The lowest BCUT2D eigenvalue weighted by atomic mass is 10.0. The van der Waals surface area contributed by atoms with Crippen LogP contribution in [0.25, 0.3) is 21.6 Å². The highest BCUT2D eigenvalue weighted by molar-refractivity contribution is 7.21. The van der Waals surface area contributed by atoms with E-state index >= 15 is 0 Å². The molecular formula is C24H26N2O2S. The van der Waals surface area contributed by atoms with Crippen molar-refractivity contribution in [2.75, 3.05) is 62.4 Å². The summed E-state index contributed by atoms with van der Waals surface area (Å²) in [5.41, 5.74) is 5.29. The average Bonchev–Trinajstić information content (AvgIpc) is 3.22. The summed E-state index contributed by atoms with van der Waals surface area (Å²) in [5, 5.41) is 1.36. The van der Waals surface area contributed by atoms with E-state index in [1.54, 1.807) is 0 Å². The third kappa shape index (κ3) is 3.78. The lowest BCUT2D eigenvalue weighted by Gasteiger charge is -2.32. The Balaban J connectivity index is 1.73. The zero-order valence-corrected chi connectivity index (χ0v) is 17.4. The van der Waals surface area contributed by atoms with Gasteiger partial charge in [-0.25, -0.2) is 0 Å². The number of nitrogens with zero attached hydrogens (tertiary/aromatic N) is 2. The molecule has 150 valence electrons. The van der Waals surface area contributed by atoms with Crippen LogP contribution in [0, 0.1) is 0 Å². The number of benzene rings is 2. The highest BCUT2D eigenvalue weighted by atomic mass is 32.1. The molecule has 0 radical (unpaired) electrons. The summed E-state index contributed by atoms with van der Waals surface area (Å²) in [5.74, 6) is 0. The Kier molecular flexibility index (Phi) is 5.52. The molecule has 0 spiro atoms. The Hall–Kier alpha value is -2.34. The Morgan fingerprint density at radius 1 is 0.621 bits per heavy atom. The van der Waals surface area contributed by atoms with Gasteiger partial charge in [0, 0.05) is 31.7 Å². The number of rotatable bonds is 4. The van der Waals surface area contributed by atoms with Crippen molar-refractivity contribution in [3.8, 4) is 21.6 Å². The molecule has 0 atom stereocenters. The maximum Gasteiger partial charge on any atom is 0.102 e. The van der Waals surface area contributed by atoms with Crippen LogP contribution in [0.15, 0.2) is 60.7 Å². The predicted octanol–water partition coefficient (Wildman–Crippen LogP) is 4.76. The molecule has 0 bridgehead atoms. The molecule has 2 fully saturated rings. The number of thiophene rings is 1.